The number of allylic oxidation sites excluding steroid dienone is 1. The van der Waals surface area contributed by atoms with E-state index < -0.39 is 10.8 Å². The van der Waals surface area contributed by atoms with Gasteiger partial charge in [0.15, 0.2) is 0 Å². The third-order valence-electron chi connectivity index (χ3n) is 5.03. The highest BCUT2D eigenvalue weighted by Gasteiger charge is 2.20. The number of hydrogen-bond acceptors (Lipinski definition) is 5. The lowest BCUT2D eigenvalue weighted by Crippen LogP contribution is -2.32. The van der Waals surface area contributed by atoms with Crippen molar-refractivity contribution >= 4 is 28.1 Å². The van der Waals surface area contributed by atoms with Crippen molar-refractivity contribution in [1.82, 2.24) is 0 Å². The van der Waals surface area contributed by atoms with E-state index in [1.165, 1.54) is 5.01 Å². The molecule has 0 aliphatic rings. The molecule has 0 aliphatic heterocycles. The van der Waals surface area contributed by atoms with Crippen LogP contribution in [0.4, 0.5) is 5.69 Å². The Bertz CT molecular complexity index is 964. The van der Waals surface area contributed by atoms with E-state index in [0.29, 0.717) is 27.1 Å². The van der Waals surface area contributed by atoms with E-state index in [1.807, 2.05) is 30.3 Å². The number of nitrogens with zero attached hydrogens (tertiary/aromatic N) is 1. The van der Waals surface area contributed by atoms with E-state index in [2.05, 4.69) is 34.6 Å². The summed E-state index contributed by atoms with van der Waals surface area (Å²) in [5, 5.41) is 2.12. The van der Waals surface area contributed by atoms with E-state index in [0.717, 1.165) is 11.1 Å². The monoisotopic (exact) mass is 449 g/mol. The van der Waals surface area contributed by atoms with Crippen LogP contribution in [0.1, 0.15) is 58.6 Å². The molecular formula is C23H32ClN3O2S. The maximum Gasteiger partial charge on any atom is 0.144 e. The molecule has 1 unspecified atom stereocenters. The second-order valence-corrected chi connectivity index (χ2v) is 10.4. The number of hydrazine groups is 1. The van der Waals surface area contributed by atoms with Gasteiger partial charge < -0.3 is 10.5 Å². The zero-order valence-corrected chi connectivity index (χ0v) is 20.3. The average Bonchev–Trinajstić information content (AvgIpc) is 2.70. The van der Waals surface area contributed by atoms with Crippen molar-refractivity contribution in [2.75, 3.05) is 12.1 Å². The zero-order valence-electron chi connectivity index (χ0n) is 18.7. The molecule has 0 saturated heterocycles. The number of methoxy groups -OCH3 is 1. The number of nitrogens with two attached hydrogens (primary N) is 2. The Balaban J connectivity index is 2.41. The average molecular weight is 450 g/mol. The third kappa shape index (κ3) is 5.17. The molecule has 2 aromatic rings. The van der Waals surface area contributed by atoms with E-state index >= 15 is 0 Å². The molecule has 0 fully saturated rings. The zero-order chi connectivity index (χ0) is 22.8. The lowest BCUT2D eigenvalue weighted by molar-refractivity contribution is 0.414. The molecule has 0 aromatic heterocycles. The fourth-order valence-corrected chi connectivity index (χ4v) is 4.37. The molecule has 2 rings (SSSR count). The summed E-state index contributed by atoms with van der Waals surface area (Å²) in [6, 6.07) is 11.2. The lowest BCUT2D eigenvalue weighted by atomic mass is 9.87. The van der Waals surface area contributed by atoms with Crippen molar-refractivity contribution in [2.24, 2.45) is 11.6 Å². The Morgan fingerprint density at radius 3 is 2.20 bits per heavy atom. The second kappa shape index (κ2) is 9.41. The molecule has 164 valence electrons. The molecule has 0 heterocycles. The molecule has 0 amide bonds. The van der Waals surface area contributed by atoms with Gasteiger partial charge in [-0.3, -0.25) is 5.01 Å². The molecule has 0 spiro atoms. The second-order valence-electron chi connectivity index (χ2n) is 8.56. The summed E-state index contributed by atoms with van der Waals surface area (Å²) in [4.78, 5) is 0.619. The van der Waals surface area contributed by atoms with Crippen LogP contribution in [-0.4, -0.2) is 11.3 Å². The van der Waals surface area contributed by atoms with Gasteiger partial charge >= 0.3 is 0 Å². The van der Waals surface area contributed by atoms with Gasteiger partial charge in [0.05, 0.1) is 12.8 Å². The summed E-state index contributed by atoms with van der Waals surface area (Å²) >= 11 is 6.45. The summed E-state index contributed by atoms with van der Waals surface area (Å²) in [5.74, 6) is 7.13. The van der Waals surface area contributed by atoms with Crippen LogP contribution in [0.25, 0.3) is 0 Å². The van der Waals surface area contributed by atoms with Gasteiger partial charge in [-0.2, -0.15) is 0 Å². The molecule has 7 heteroatoms. The number of benzene rings is 2. The van der Waals surface area contributed by atoms with Gasteiger partial charge in [-0.15, -0.1) is 0 Å². The number of halogens is 1. The minimum absolute atomic E-state index is 0.0172. The van der Waals surface area contributed by atoms with E-state index in [9.17, 15) is 4.21 Å². The summed E-state index contributed by atoms with van der Waals surface area (Å²) in [6.45, 7) is 12.2. The first-order valence-corrected chi connectivity index (χ1v) is 11.3. The van der Waals surface area contributed by atoms with E-state index in [4.69, 9.17) is 27.9 Å². The first-order chi connectivity index (χ1) is 13.9. The fraction of sp³-hybridized carbons (Fsp3) is 0.391. The fourth-order valence-electron chi connectivity index (χ4n) is 2.99. The van der Waals surface area contributed by atoms with Crippen molar-refractivity contribution in [3.63, 3.8) is 0 Å². The summed E-state index contributed by atoms with van der Waals surface area (Å²) in [6.07, 6.45) is 0. The van der Waals surface area contributed by atoms with Gasteiger partial charge in [-0.1, -0.05) is 58.4 Å². The maximum atomic E-state index is 13.0. The highest BCUT2D eigenvalue weighted by molar-refractivity contribution is 7.89. The van der Waals surface area contributed by atoms with Gasteiger partial charge in [0, 0.05) is 9.92 Å². The van der Waals surface area contributed by atoms with Crippen LogP contribution >= 0.6 is 11.6 Å². The van der Waals surface area contributed by atoms with Crippen LogP contribution in [0.15, 0.2) is 52.0 Å². The Morgan fingerprint density at radius 2 is 1.73 bits per heavy atom. The van der Waals surface area contributed by atoms with Gasteiger partial charge in [0.2, 0.25) is 0 Å². The van der Waals surface area contributed by atoms with E-state index in [-0.39, 0.29) is 16.4 Å². The summed E-state index contributed by atoms with van der Waals surface area (Å²) < 4.78 is 18.5. The molecule has 1 atom stereocenters. The Labute approximate surface area is 187 Å². The van der Waals surface area contributed by atoms with Crippen molar-refractivity contribution in [1.29, 1.82) is 0 Å². The topological polar surface area (TPSA) is 81.6 Å². The molecule has 2 aromatic carbocycles. The number of hydrogen-bond donors (Lipinski definition) is 2. The predicted octanol–water partition coefficient (Wildman–Crippen LogP) is 5.41. The quantitative estimate of drug-likeness (QED) is 0.455. The number of ether oxygens (including phenoxy) is 1. The first-order valence-electron chi connectivity index (χ1n) is 9.79. The van der Waals surface area contributed by atoms with Crippen LogP contribution in [-0.2, 0) is 16.2 Å². The molecular weight excluding hydrogens is 418 g/mol. The Hall–Kier alpha value is -2.02. The molecule has 4 N–H and O–H groups in total. The van der Waals surface area contributed by atoms with Crippen LogP contribution in [0, 0.1) is 0 Å². The van der Waals surface area contributed by atoms with Crippen molar-refractivity contribution in [3.05, 3.63) is 63.3 Å². The molecule has 0 saturated carbocycles. The maximum absolute atomic E-state index is 13.0. The SMILES string of the molecule is COc1cc(C(C)C)c(Cl)cc1N(N)/C(C)=C(\N)S(=O)c1ccc(C(C)(C)C)cc1. The van der Waals surface area contributed by atoms with Crippen LogP contribution in [0.2, 0.25) is 5.02 Å². The van der Waals surface area contributed by atoms with Crippen LogP contribution in [0.3, 0.4) is 0 Å². The predicted molar refractivity (Wildman–Crippen MR) is 127 cm³/mol. The highest BCUT2D eigenvalue weighted by Crippen LogP contribution is 2.37. The van der Waals surface area contributed by atoms with Crippen molar-refractivity contribution in [2.45, 2.75) is 57.8 Å². The molecule has 5 nitrogen and oxygen atoms in total. The highest BCUT2D eigenvalue weighted by atomic mass is 35.5. The minimum atomic E-state index is -1.55. The van der Waals surface area contributed by atoms with Gasteiger partial charge in [0.25, 0.3) is 0 Å². The van der Waals surface area contributed by atoms with Gasteiger partial charge in [0.1, 0.15) is 27.3 Å². The molecule has 0 radical (unpaired) electrons. The largest absolute Gasteiger partial charge is 0.495 e. The van der Waals surface area contributed by atoms with Crippen molar-refractivity contribution in [3.8, 4) is 5.75 Å². The summed E-state index contributed by atoms with van der Waals surface area (Å²) in [7, 11) is 0.0201. The van der Waals surface area contributed by atoms with Crippen LogP contribution < -0.4 is 21.3 Å². The molecule has 30 heavy (non-hydrogen) atoms. The summed E-state index contributed by atoms with van der Waals surface area (Å²) in [5.41, 5.74) is 9.39. The Kier molecular flexibility index (Phi) is 7.61. The normalized spacial score (nSPS) is 13.8. The first kappa shape index (κ1) is 24.3. The smallest absolute Gasteiger partial charge is 0.144 e. The minimum Gasteiger partial charge on any atom is -0.495 e. The van der Waals surface area contributed by atoms with Gasteiger partial charge in [-0.05, 0) is 53.6 Å². The third-order valence-corrected chi connectivity index (χ3v) is 6.75. The lowest BCUT2D eigenvalue weighted by Gasteiger charge is -2.25. The standard InChI is InChI=1S/C23H32ClN3O2S/c1-14(2)18-12-21(29-7)20(13-19(18)24)27(26)15(3)22(25)30(28)17-10-8-16(9-11-17)23(4,5)6/h8-14H,25-26H2,1-7H3/b22-15+. The molecule has 0 aliphatic carbocycles. The molecule has 0 bridgehead atoms. The van der Waals surface area contributed by atoms with Crippen molar-refractivity contribution < 1.29 is 8.95 Å². The van der Waals surface area contributed by atoms with Crippen LogP contribution in [0.5, 0.6) is 5.75 Å². The number of anilines is 1. The number of rotatable bonds is 6. The van der Waals surface area contributed by atoms with E-state index in [1.54, 1.807) is 20.1 Å². The Morgan fingerprint density at radius 1 is 1.17 bits per heavy atom. The van der Waals surface area contributed by atoms with Gasteiger partial charge in [-0.25, -0.2) is 10.1 Å².